The number of nitrogens with two attached hydrogens (primary N) is 1. The quantitative estimate of drug-likeness (QED) is 0.381. The van der Waals surface area contributed by atoms with E-state index in [1.165, 1.54) is 0 Å². The molecule has 7 heteroatoms. The van der Waals surface area contributed by atoms with Gasteiger partial charge in [-0.1, -0.05) is 35.3 Å². The van der Waals surface area contributed by atoms with Crippen LogP contribution in [0.15, 0.2) is 48.5 Å². The molecule has 0 fully saturated rings. The van der Waals surface area contributed by atoms with Crippen LogP contribution < -0.4 is 21.9 Å². The van der Waals surface area contributed by atoms with Crippen LogP contribution in [0.2, 0.25) is 10.0 Å². The van der Waals surface area contributed by atoms with Crippen molar-refractivity contribution >= 4 is 46.2 Å². The Bertz CT molecular complexity index is 601. The summed E-state index contributed by atoms with van der Waals surface area (Å²) in [5.41, 5.74) is 13.1. The second kappa shape index (κ2) is 7.47. The average molecular weight is 341 g/mol. The number of thiocarbonyl (C=S) groups is 1. The maximum atomic E-state index is 5.91. The van der Waals surface area contributed by atoms with Crippen LogP contribution in [0, 0.1) is 0 Å². The van der Waals surface area contributed by atoms with E-state index in [2.05, 4.69) is 16.2 Å². The number of anilines is 1. The van der Waals surface area contributed by atoms with Crippen molar-refractivity contribution in [1.82, 2.24) is 10.9 Å². The van der Waals surface area contributed by atoms with Gasteiger partial charge >= 0.3 is 0 Å². The second-order valence-corrected chi connectivity index (χ2v) is 5.58. The Labute approximate surface area is 138 Å². The van der Waals surface area contributed by atoms with E-state index in [1.54, 1.807) is 0 Å². The fourth-order valence-corrected chi connectivity index (χ4v) is 2.02. The van der Waals surface area contributed by atoms with Gasteiger partial charge in [-0.05, 0) is 54.2 Å². The lowest BCUT2D eigenvalue weighted by atomic mass is 10.1. The molecule has 0 bridgehead atoms. The lowest BCUT2D eigenvalue weighted by Gasteiger charge is -2.22. The van der Waals surface area contributed by atoms with E-state index in [-0.39, 0.29) is 11.3 Å². The Hall–Kier alpha value is -1.53. The van der Waals surface area contributed by atoms with E-state index in [4.69, 9.17) is 41.2 Å². The number of hydrogen-bond acceptors (Lipinski definition) is 3. The molecule has 5 N–H and O–H groups in total. The van der Waals surface area contributed by atoms with Crippen molar-refractivity contribution in [2.75, 3.05) is 5.32 Å². The summed E-state index contributed by atoms with van der Waals surface area (Å²) < 4.78 is 0. The molecule has 0 amide bonds. The molecule has 2 rings (SSSR count). The zero-order valence-corrected chi connectivity index (χ0v) is 13.3. The zero-order valence-electron chi connectivity index (χ0n) is 10.9. The SMILES string of the molecule is NC(=S)NN[C@H](Nc1ccc(Cl)cc1)c1ccc(Cl)cc1. The maximum absolute atomic E-state index is 5.91. The first-order chi connectivity index (χ1) is 10.0. The summed E-state index contributed by atoms with van der Waals surface area (Å²) >= 11 is 16.6. The van der Waals surface area contributed by atoms with Gasteiger partial charge < -0.3 is 11.1 Å². The van der Waals surface area contributed by atoms with Gasteiger partial charge in [0.1, 0.15) is 6.17 Å². The molecule has 0 spiro atoms. The van der Waals surface area contributed by atoms with Gasteiger partial charge in [-0.3, -0.25) is 5.43 Å². The molecule has 0 aliphatic carbocycles. The number of hydrogen-bond donors (Lipinski definition) is 4. The molecular weight excluding hydrogens is 327 g/mol. The average Bonchev–Trinajstić information content (AvgIpc) is 2.46. The molecule has 0 radical (unpaired) electrons. The summed E-state index contributed by atoms with van der Waals surface area (Å²) in [6, 6.07) is 14.8. The predicted octanol–water partition coefficient (Wildman–Crippen LogP) is 3.44. The van der Waals surface area contributed by atoms with Crippen molar-refractivity contribution in [2.45, 2.75) is 6.17 Å². The van der Waals surface area contributed by atoms with E-state index in [9.17, 15) is 0 Å². The molecule has 0 aliphatic rings. The van der Waals surface area contributed by atoms with Crippen LogP contribution in [0.4, 0.5) is 5.69 Å². The first kappa shape index (κ1) is 15.9. The van der Waals surface area contributed by atoms with Crippen LogP contribution >= 0.6 is 35.4 Å². The monoisotopic (exact) mass is 340 g/mol. The Kier molecular flexibility index (Phi) is 5.64. The molecule has 0 saturated heterocycles. The van der Waals surface area contributed by atoms with Gasteiger partial charge in [0.05, 0.1) is 0 Å². The van der Waals surface area contributed by atoms with Gasteiger partial charge in [0.25, 0.3) is 0 Å². The number of nitrogens with one attached hydrogen (secondary N) is 3. The lowest BCUT2D eigenvalue weighted by Crippen LogP contribution is -2.45. The standard InChI is InChI=1S/C14H14Cl2N4S/c15-10-3-1-9(2-4-10)13(19-20-14(17)21)18-12-7-5-11(16)6-8-12/h1-8,13,18-19H,(H3,17,20,21)/t13-/m0/s1. The third kappa shape index (κ3) is 5.06. The van der Waals surface area contributed by atoms with Gasteiger partial charge in [-0.25, -0.2) is 5.43 Å². The van der Waals surface area contributed by atoms with Crippen molar-refractivity contribution in [3.05, 3.63) is 64.1 Å². The van der Waals surface area contributed by atoms with Gasteiger partial charge in [-0.15, -0.1) is 0 Å². The maximum Gasteiger partial charge on any atom is 0.178 e. The number of benzene rings is 2. The molecule has 4 nitrogen and oxygen atoms in total. The molecular formula is C14H14Cl2N4S. The second-order valence-electron chi connectivity index (χ2n) is 4.27. The predicted molar refractivity (Wildman–Crippen MR) is 92.3 cm³/mol. The van der Waals surface area contributed by atoms with Gasteiger partial charge in [0, 0.05) is 15.7 Å². The molecule has 0 aliphatic heterocycles. The highest BCUT2D eigenvalue weighted by molar-refractivity contribution is 7.80. The lowest BCUT2D eigenvalue weighted by molar-refractivity contribution is 0.557. The summed E-state index contributed by atoms with van der Waals surface area (Å²) in [5.74, 6) is 0. The first-order valence-electron chi connectivity index (χ1n) is 6.13. The third-order valence-corrected chi connectivity index (χ3v) is 3.30. The summed E-state index contributed by atoms with van der Waals surface area (Å²) in [4.78, 5) is 0. The van der Waals surface area contributed by atoms with E-state index < -0.39 is 0 Å². The molecule has 1 atom stereocenters. The largest absolute Gasteiger partial charge is 0.375 e. The van der Waals surface area contributed by atoms with E-state index in [0.29, 0.717) is 10.0 Å². The number of hydrazine groups is 1. The molecule has 21 heavy (non-hydrogen) atoms. The minimum Gasteiger partial charge on any atom is -0.375 e. The number of rotatable bonds is 5. The van der Waals surface area contributed by atoms with E-state index in [0.717, 1.165) is 11.3 Å². The molecule has 0 saturated carbocycles. The zero-order chi connectivity index (χ0) is 15.2. The minimum atomic E-state index is -0.245. The fourth-order valence-electron chi connectivity index (χ4n) is 1.71. The highest BCUT2D eigenvalue weighted by atomic mass is 35.5. The van der Waals surface area contributed by atoms with Crippen molar-refractivity contribution in [3.8, 4) is 0 Å². The number of halogens is 2. The van der Waals surface area contributed by atoms with Crippen LogP contribution in [0.1, 0.15) is 11.7 Å². The normalized spacial score (nSPS) is 11.7. The Morgan fingerprint density at radius 3 is 2.00 bits per heavy atom. The highest BCUT2D eigenvalue weighted by Gasteiger charge is 2.11. The fraction of sp³-hybridized carbons (Fsp3) is 0.0714. The molecule has 0 aromatic heterocycles. The summed E-state index contributed by atoms with van der Waals surface area (Å²) in [7, 11) is 0. The molecule has 0 heterocycles. The molecule has 0 unspecified atom stereocenters. The first-order valence-corrected chi connectivity index (χ1v) is 7.29. The summed E-state index contributed by atoms with van der Waals surface area (Å²) in [6.45, 7) is 0. The molecule has 110 valence electrons. The van der Waals surface area contributed by atoms with Crippen molar-refractivity contribution in [3.63, 3.8) is 0 Å². The Morgan fingerprint density at radius 1 is 0.952 bits per heavy atom. The van der Waals surface area contributed by atoms with Gasteiger partial charge in [0.2, 0.25) is 0 Å². The minimum absolute atomic E-state index is 0.159. The van der Waals surface area contributed by atoms with Crippen LogP contribution in [0.25, 0.3) is 0 Å². The van der Waals surface area contributed by atoms with Crippen molar-refractivity contribution in [1.29, 1.82) is 0 Å². The van der Waals surface area contributed by atoms with Gasteiger partial charge in [-0.2, -0.15) is 0 Å². The summed E-state index contributed by atoms with van der Waals surface area (Å²) in [5, 5.41) is 4.82. The van der Waals surface area contributed by atoms with Crippen LogP contribution in [-0.2, 0) is 0 Å². The Balaban J connectivity index is 2.16. The van der Waals surface area contributed by atoms with Crippen LogP contribution in [0.3, 0.4) is 0 Å². The molecule has 2 aromatic carbocycles. The molecule has 2 aromatic rings. The van der Waals surface area contributed by atoms with E-state index >= 15 is 0 Å². The summed E-state index contributed by atoms with van der Waals surface area (Å²) in [6.07, 6.45) is -0.245. The topological polar surface area (TPSA) is 62.1 Å². The van der Waals surface area contributed by atoms with Crippen LogP contribution in [0.5, 0.6) is 0 Å². The highest BCUT2D eigenvalue weighted by Crippen LogP contribution is 2.20. The van der Waals surface area contributed by atoms with Gasteiger partial charge in [0.15, 0.2) is 5.11 Å². The van der Waals surface area contributed by atoms with Crippen molar-refractivity contribution < 1.29 is 0 Å². The van der Waals surface area contributed by atoms with E-state index in [1.807, 2.05) is 48.5 Å². The smallest absolute Gasteiger partial charge is 0.178 e. The van der Waals surface area contributed by atoms with Crippen molar-refractivity contribution in [2.24, 2.45) is 5.73 Å². The third-order valence-electron chi connectivity index (χ3n) is 2.70. The Morgan fingerprint density at radius 2 is 1.48 bits per heavy atom. The van der Waals surface area contributed by atoms with Crippen LogP contribution in [-0.4, -0.2) is 5.11 Å².